The third kappa shape index (κ3) is 3.75. The molecule has 0 unspecified atom stereocenters. The molecular formula is C17H23N3O3. The minimum Gasteiger partial charge on any atom is -0.444 e. The lowest BCUT2D eigenvalue weighted by Crippen LogP contribution is -2.42. The van der Waals surface area contributed by atoms with Gasteiger partial charge in [0, 0.05) is 13.1 Å². The van der Waals surface area contributed by atoms with Crippen LogP contribution in [0.2, 0.25) is 0 Å². The van der Waals surface area contributed by atoms with Crippen LogP contribution in [0.25, 0.3) is 11.1 Å². The fourth-order valence-electron chi connectivity index (χ4n) is 2.76. The molecule has 1 aliphatic heterocycles. The van der Waals surface area contributed by atoms with Crippen LogP contribution in [0.1, 0.15) is 33.6 Å². The second kappa shape index (κ2) is 6.10. The Balaban J connectivity index is 1.61. The maximum atomic E-state index is 12.3. The van der Waals surface area contributed by atoms with Crippen molar-refractivity contribution in [1.82, 2.24) is 9.88 Å². The predicted molar refractivity (Wildman–Crippen MR) is 88.5 cm³/mol. The Kier molecular flexibility index (Phi) is 4.15. The fourth-order valence-corrected chi connectivity index (χ4v) is 2.76. The molecule has 6 nitrogen and oxygen atoms in total. The van der Waals surface area contributed by atoms with Crippen LogP contribution in [0.3, 0.4) is 0 Å². The highest BCUT2D eigenvalue weighted by molar-refractivity contribution is 5.74. The van der Waals surface area contributed by atoms with E-state index in [-0.39, 0.29) is 12.1 Å². The number of ether oxygens (including phenoxy) is 1. The fraction of sp³-hybridized carbons (Fsp3) is 0.529. The highest BCUT2D eigenvalue weighted by Gasteiger charge is 2.32. The lowest BCUT2D eigenvalue weighted by molar-refractivity contribution is 0.0234. The number of benzene rings is 1. The zero-order chi connectivity index (χ0) is 16.4. The molecule has 2 aromatic rings. The quantitative estimate of drug-likeness (QED) is 0.936. The topological polar surface area (TPSA) is 67.6 Å². The second-order valence-electron chi connectivity index (χ2n) is 6.84. The van der Waals surface area contributed by atoms with Gasteiger partial charge >= 0.3 is 6.09 Å². The number of hydrogen-bond donors (Lipinski definition) is 1. The lowest BCUT2D eigenvalue weighted by Gasteiger charge is -2.28. The molecule has 0 radical (unpaired) electrons. The normalized spacial score (nSPS) is 18.4. The Labute approximate surface area is 135 Å². The van der Waals surface area contributed by atoms with Crippen molar-refractivity contribution in [2.45, 2.75) is 45.3 Å². The van der Waals surface area contributed by atoms with Crippen molar-refractivity contribution < 1.29 is 13.9 Å². The molecule has 1 atom stereocenters. The monoisotopic (exact) mass is 317 g/mol. The van der Waals surface area contributed by atoms with E-state index in [1.807, 2.05) is 45.0 Å². The summed E-state index contributed by atoms with van der Waals surface area (Å²) in [6, 6.07) is 8.22. The Bertz CT molecular complexity index is 657. The van der Waals surface area contributed by atoms with E-state index in [0.29, 0.717) is 12.6 Å². The van der Waals surface area contributed by atoms with Crippen molar-refractivity contribution in [1.29, 1.82) is 0 Å². The van der Waals surface area contributed by atoms with Gasteiger partial charge < -0.3 is 19.4 Å². The number of anilines is 1. The summed E-state index contributed by atoms with van der Waals surface area (Å²) in [6.07, 6.45) is 1.69. The van der Waals surface area contributed by atoms with Gasteiger partial charge in [0.25, 0.3) is 6.01 Å². The van der Waals surface area contributed by atoms with Crippen LogP contribution < -0.4 is 5.32 Å². The van der Waals surface area contributed by atoms with Crippen molar-refractivity contribution in [3.05, 3.63) is 24.3 Å². The minimum atomic E-state index is -0.474. The summed E-state index contributed by atoms with van der Waals surface area (Å²) in [5, 5.41) is 3.20. The van der Waals surface area contributed by atoms with Gasteiger partial charge in [0.1, 0.15) is 11.1 Å². The van der Waals surface area contributed by atoms with Gasteiger partial charge in [-0.3, -0.25) is 0 Å². The number of carbonyl (C=O) groups excluding carboxylic acids is 1. The number of rotatable bonds is 3. The molecular weight excluding hydrogens is 294 g/mol. The first kappa shape index (κ1) is 15.6. The number of hydrogen-bond acceptors (Lipinski definition) is 5. The molecule has 1 aromatic heterocycles. The number of fused-ring (bicyclic) bond motifs is 1. The summed E-state index contributed by atoms with van der Waals surface area (Å²) in [5.74, 6) is 0. The number of aromatic nitrogens is 1. The molecule has 0 spiro atoms. The first-order valence-electron chi connectivity index (χ1n) is 8.01. The van der Waals surface area contributed by atoms with Crippen LogP contribution in [0.5, 0.6) is 0 Å². The largest absolute Gasteiger partial charge is 0.444 e. The molecule has 0 saturated carbocycles. The minimum absolute atomic E-state index is 0.0971. The molecule has 23 heavy (non-hydrogen) atoms. The van der Waals surface area contributed by atoms with Gasteiger partial charge in [-0.2, -0.15) is 4.98 Å². The van der Waals surface area contributed by atoms with Gasteiger partial charge in [-0.1, -0.05) is 12.1 Å². The summed E-state index contributed by atoms with van der Waals surface area (Å²) in [7, 11) is 0. The third-order valence-electron chi connectivity index (χ3n) is 3.79. The number of carbonyl (C=O) groups is 1. The zero-order valence-corrected chi connectivity index (χ0v) is 13.8. The number of oxazole rings is 1. The van der Waals surface area contributed by atoms with Crippen LogP contribution in [-0.4, -0.2) is 40.7 Å². The molecule has 124 valence electrons. The Morgan fingerprint density at radius 2 is 2.22 bits per heavy atom. The van der Waals surface area contributed by atoms with Gasteiger partial charge in [-0.15, -0.1) is 0 Å². The van der Waals surface area contributed by atoms with E-state index >= 15 is 0 Å². The van der Waals surface area contributed by atoms with Gasteiger partial charge in [0.15, 0.2) is 5.58 Å². The maximum Gasteiger partial charge on any atom is 0.410 e. The SMILES string of the molecule is CC(C)(C)OC(=O)N1CCC[C@H]1CNc1nc2ccccc2o1. The van der Waals surface area contributed by atoms with E-state index in [0.717, 1.165) is 30.5 Å². The van der Waals surface area contributed by atoms with E-state index in [4.69, 9.17) is 9.15 Å². The first-order valence-corrected chi connectivity index (χ1v) is 8.01. The molecule has 1 amide bonds. The van der Waals surface area contributed by atoms with Crippen molar-refractivity contribution in [3.8, 4) is 0 Å². The summed E-state index contributed by atoms with van der Waals surface area (Å²) in [6.45, 7) is 6.98. The molecule has 1 aromatic carbocycles. The van der Waals surface area contributed by atoms with Gasteiger partial charge in [-0.25, -0.2) is 4.79 Å². The molecule has 1 N–H and O–H groups in total. The van der Waals surface area contributed by atoms with Crippen molar-refractivity contribution in [2.75, 3.05) is 18.4 Å². The predicted octanol–water partition coefficient (Wildman–Crippen LogP) is 3.64. The number of amides is 1. The van der Waals surface area contributed by atoms with Crippen molar-refractivity contribution >= 4 is 23.2 Å². The van der Waals surface area contributed by atoms with E-state index in [1.165, 1.54) is 0 Å². The van der Waals surface area contributed by atoms with Crippen molar-refractivity contribution in [3.63, 3.8) is 0 Å². The van der Waals surface area contributed by atoms with Crippen LogP contribution in [0, 0.1) is 0 Å². The van der Waals surface area contributed by atoms with E-state index in [9.17, 15) is 4.79 Å². The highest BCUT2D eigenvalue weighted by Crippen LogP contribution is 2.22. The number of nitrogens with one attached hydrogen (secondary N) is 1. The summed E-state index contributed by atoms with van der Waals surface area (Å²) in [5.41, 5.74) is 1.11. The van der Waals surface area contributed by atoms with E-state index in [2.05, 4.69) is 10.3 Å². The summed E-state index contributed by atoms with van der Waals surface area (Å²) < 4.78 is 11.1. The molecule has 1 aliphatic rings. The van der Waals surface area contributed by atoms with Crippen LogP contribution in [0.4, 0.5) is 10.8 Å². The number of nitrogens with zero attached hydrogens (tertiary/aromatic N) is 2. The third-order valence-corrected chi connectivity index (χ3v) is 3.79. The number of likely N-dealkylation sites (tertiary alicyclic amines) is 1. The van der Waals surface area contributed by atoms with Crippen molar-refractivity contribution in [2.24, 2.45) is 0 Å². The molecule has 3 rings (SSSR count). The lowest BCUT2D eigenvalue weighted by atomic mass is 10.2. The van der Waals surface area contributed by atoms with Crippen LogP contribution in [-0.2, 0) is 4.74 Å². The maximum absolute atomic E-state index is 12.3. The average molecular weight is 317 g/mol. The smallest absolute Gasteiger partial charge is 0.410 e. The molecule has 1 fully saturated rings. The summed E-state index contributed by atoms with van der Waals surface area (Å²) >= 11 is 0. The standard InChI is InChI=1S/C17H23N3O3/c1-17(2,3)23-16(21)20-10-6-7-12(20)11-18-15-19-13-8-4-5-9-14(13)22-15/h4-5,8-9,12H,6-7,10-11H2,1-3H3,(H,18,19)/t12-/m0/s1. The Hall–Kier alpha value is -2.24. The molecule has 1 saturated heterocycles. The Morgan fingerprint density at radius 3 is 2.96 bits per heavy atom. The van der Waals surface area contributed by atoms with Gasteiger partial charge in [-0.05, 0) is 45.7 Å². The molecule has 2 heterocycles. The van der Waals surface area contributed by atoms with E-state index in [1.54, 1.807) is 4.90 Å². The highest BCUT2D eigenvalue weighted by atomic mass is 16.6. The molecule has 6 heteroatoms. The van der Waals surface area contributed by atoms with Gasteiger partial charge in [0.2, 0.25) is 0 Å². The molecule has 0 bridgehead atoms. The van der Waals surface area contributed by atoms with Gasteiger partial charge in [0.05, 0.1) is 6.04 Å². The van der Waals surface area contributed by atoms with E-state index < -0.39 is 5.60 Å². The molecule has 0 aliphatic carbocycles. The average Bonchev–Trinajstić information content (AvgIpc) is 3.09. The second-order valence-corrected chi connectivity index (χ2v) is 6.84. The number of para-hydroxylation sites is 2. The van der Waals surface area contributed by atoms with Crippen LogP contribution in [0.15, 0.2) is 28.7 Å². The Morgan fingerprint density at radius 1 is 1.43 bits per heavy atom. The van der Waals surface area contributed by atoms with Crippen LogP contribution >= 0.6 is 0 Å². The zero-order valence-electron chi connectivity index (χ0n) is 13.8. The summed E-state index contributed by atoms with van der Waals surface area (Å²) in [4.78, 5) is 18.4. The first-order chi connectivity index (χ1) is 10.9.